The van der Waals surface area contributed by atoms with Crippen LogP contribution in [0, 0.1) is 5.82 Å². The van der Waals surface area contributed by atoms with Gasteiger partial charge in [-0.2, -0.15) is 0 Å². The van der Waals surface area contributed by atoms with E-state index in [0.29, 0.717) is 13.0 Å². The minimum atomic E-state index is -4.20. The number of amides is 1. The first-order valence-corrected chi connectivity index (χ1v) is 12.8. The second-order valence-electron chi connectivity index (χ2n) is 6.99. The molecule has 0 aliphatic heterocycles. The molecular formula is C22H20FN3O6S2. The van der Waals surface area contributed by atoms with E-state index in [4.69, 9.17) is 9.88 Å². The third-order valence-electron chi connectivity index (χ3n) is 4.45. The number of hydrogen-bond acceptors (Lipinski definition) is 7. The van der Waals surface area contributed by atoms with E-state index in [1.165, 1.54) is 24.3 Å². The van der Waals surface area contributed by atoms with Crippen molar-refractivity contribution in [3.05, 3.63) is 89.7 Å². The van der Waals surface area contributed by atoms with E-state index < -0.39 is 32.0 Å². The summed E-state index contributed by atoms with van der Waals surface area (Å²) < 4.78 is 66.4. The maximum atomic E-state index is 12.9. The second-order valence-corrected chi connectivity index (χ2v) is 10.2. The molecule has 3 N–H and O–H groups in total. The first kappa shape index (κ1) is 25.0. The van der Waals surface area contributed by atoms with Crippen molar-refractivity contribution in [1.29, 1.82) is 0 Å². The summed E-state index contributed by atoms with van der Waals surface area (Å²) in [6, 6.07) is 16.4. The monoisotopic (exact) mass is 505 g/mol. The summed E-state index contributed by atoms with van der Waals surface area (Å²) in [4.78, 5) is 16.0. The molecule has 0 aliphatic carbocycles. The quantitative estimate of drug-likeness (QED) is 0.450. The van der Waals surface area contributed by atoms with E-state index >= 15 is 0 Å². The molecule has 3 rings (SSSR count). The van der Waals surface area contributed by atoms with E-state index in [1.54, 1.807) is 35.2 Å². The van der Waals surface area contributed by atoms with E-state index in [-0.39, 0.29) is 15.5 Å². The summed E-state index contributed by atoms with van der Waals surface area (Å²) in [5.74, 6) is -0.497. The molecule has 0 unspecified atom stereocenters. The number of carbonyl (C=O) groups is 1. The topological polar surface area (TPSA) is 145 Å². The third-order valence-corrected chi connectivity index (χ3v) is 6.71. The molecule has 178 valence electrons. The van der Waals surface area contributed by atoms with Gasteiger partial charge in [-0.05, 0) is 78.2 Å². The number of aliphatic imine (C=N–C) groups is 1. The van der Waals surface area contributed by atoms with Gasteiger partial charge in [0.15, 0.2) is 0 Å². The molecule has 9 nitrogen and oxygen atoms in total. The van der Waals surface area contributed by atoms with E-state index in [0.717, 1.165) is 35.4 Å². The van der Waals surface area contributed by atoms with Crippen molar-refractivity contribution < 1.29 is 30.8 Å². The van der Waals surface area contributed by atoms with Crippen molar-refractivity contribution in [2.24, 2.45) is 10.1 Å². The number of hydrogen-bond donors (Lipinski definition) is 2. The first-order chi connectivity index (χ1) is 16.0. The van der Waals surface area contributed by atoms with Gasteiger partial charge in [-0.3, -0.25) is 4.99 Å². The summed E-state index contributed by atoms with van der Waals surface area (Å²) >= 11 is 0. The van der Waals surface area contributed by atoms with Crippen LogP contribution in [0.1, 0.15) is 11.1 Å². The summed E-state index contributed by atoms with van der Waals surface area (Å²) in [7, 11) is -7.92. The van der Waals surface area contributed by atoms with Crippen LogP contribution in [0.5, 0.6) is 5.75 Å². The highest BCUT2D eigenvalue weighted by molar-refractivity contribution is 7.90. The van der Waals surface area contributed by atoms with Gasteiger partial charge >= 0.3 is 6.09 Å². The van der Waals surface area contributed by atoms with Crippen molar-refractivity contribution in [3.8, 4) is 5.75 Å². The molecule has 0 atom stereocenters. The zero-order valence-electron chi connectivity index (χ0n) is 17.6. The smallest absolute Gasteiger partial charge is 0.410 e. The number of carbonyl (C=O) groups excluding carboxylic acids is 1. The fourth-order valence-electron chi connectivity index (χ4n) is 2.74. The van der Waals surface area contributed by atoms with E-state index in [9.17, 15) is 26.0 Å². The lowest BCUT2D eigenvalue weighted by molar-refractivity contribution is 0.207. The Kier molecular flexibility index (Phi) is 7.76. The molecule has 0 saturated heterocycles. The van der Waals surface area contributed by atoms with E-state index in [2.05, 4.69) is 4.99 Å². The minimum absolute atomic E-state index is 0.0452. The van der Waals surface area contributed by atoms with Crippen LogP contribution in [-0.4, -0.2) is 35.7 Å². The highest BCUT2D eigenvalue weighted by Crippen LogP contribution is 2.14. The fraction of sp³-hybridized carbons (Fsp3) is 0.0909. The maximum absolute atomic E-state index is 12.9. The van der Waals surface area contributed by atoms with Gasteiger partial charge in [-0.1, -0.05) is 12.1 Å². The van der Waals surface area contributed by atoms with Crippen LogP contribution in [0.3, 0.4) is 0 Å². The predicted molar refractivity (Wildman–Crippen MR) is 123 cm³/mol. The Morgan fingerprint density at radius 3 is 2.09 bits per heavy atom. The molecule has 0 heterocycles. The Balaban J connectivity index is 1.50. The van der Waals surface area contributed by atoms with Gasteiger partial charge in [0.1, 0.15) is 11.6 Å². The Morgan fingerprint density at radius 1 is 0.912 bits per heavy atom. The van der Waals surface area contributed by atoms with Gasteiger partial charge in [0.05, 0.1) is 9.79 Å². The van der Waals surface area contributed by atoms with Crippen LogP contribution in [0.15, 0.2) is 87.6 Å². The number of halogens is 1. The Morgan fingerprint density at radius 2 is 1.50 bits per heavy atom. The third kappa shape index (κ3) is 7.20. The van der Waals surface area contributed by atoms with Crippen molar-refractivity contribution in [3.63, 3.8) is 0 Å². The lowest BCUT2D eigenvalue weighted by Crippen LogP contribution is -2.33. The number of nitrogens with one attached hydrogen (secondary N) is 1. The predicted octanol–water partition coefficient (Wildman–Crippen LogP) is 2.61. The molecule has 12 heteroatoms. The molecule has 3 aromatic rings. The number of nitrogens with zero attached hydrogens (tertiary/aromatic N) is 1. The zero-order valence-corrected chi connectivity index (χ0v) is 19.2. The lowest BCUT2D eigenvalue weighted by atomic mass is 10.1. The summed E-state index contributed by atoms with van der Waals surface area (Å²) in [6.45, 7) is 0.455. The number of sulfonamides is 2. The standard InChI is InChI=1S/C22H20FN3O6S2/c23-18-5-11-21(12-6-18)34(30,31)26-22(27)32-19-7-1-17(2-8-19)15-25-14-13-16-3-9-20(10-4-16)33(24,28)29/h1-12,15H,13-14H2,(H,26,27)(H2,24,28,29). The van der Waals surface area contributed by atoms with Crippen molar-refractivity contribution in [2.75, 3.05) is 6.54 Å². The molecule has 0 radical (unpaired) electrons. The maximum Gasteiger partial charge on any atom is 0.426 e. The van der Waals surface area contributed by atoms with Gasteiger partial charge in [-0.15, -0.1) is 0 Å². The average molecular weight is 506 g/mol. The molecule has 0 spiro atoms. The largest absolute Gasteiger partial charge is 0.426 e. The fourth-order valence-corrected chi connectivity index (χ4v) is 4.13. The van der Waals surface area contributed by atoms with Gasteiger partial charge in [0.2, 0.25) is 10.0 Å². The minimum Gasteiger partial charge on any atom is -0.410 e. The van der Waals surface area contributed by atoms with Crippen molar-refractivity contribution in [1.82, 2.24) is 4.72 Å². The van der Waals surface area contributed by atoms with Gasteiger partial charge < -0.3 is 4.74 Å². The van der Waals surface area contributed by atoms with Crippen molar-refractivity contribution >= 4 is 32.4 Å². The highest BCUT2D eigenvalue weighted by Gasteiger charge is 2.19. The molecule has 34 heavy (non-hydrogen) atoms. The Hall–Kier alpha value is -3.61. The van der Waals surface area contributed by atoms with Crippen LogP contribution >= 0.6 is 0 Å². The van der Waals surface area contributed by atoms with Crippen LogP contribution in [-0.2, 0) is 26.5 Å². The van der Waals surface area contributed by atoms with Crippen molar-refractivity contribution in [2.45, 2.75) is 16.2 Å². The zero-order chi connectivity index (χ0) is 24.8. The average Bonchev–Trinajstić information content (AvgIpc) is 2.77. The Labute approximate surface area is 196 Å². The summed E-state index contributed by atoms with van der Waals surface area (Å²) in [6.07, 6.45) is 0.992. The number of benzene rings is 3. The first-order valence-electron chi connectivity index (χ1n) is 9.75. The van der Waals surface area contributed by atoms with Crippen LogP contribution < -0.4 is 14.6 Å². The molecule has 0 aromatic heterocycles. The molecule has 0 aliphatic rings. The molecule has 0 saturated carbocycles. The number of ether oxygens (including phenoxy) is 1. The second kappa shape index (κ2) is 10.5. The van der Waals surface area contributed by atoms with E-state index in [1.807, 2.05) is 0 Å². The molecule has 0 fully saturated rings. The van der Waals surface area contributed by atoms with Gasteiger partial charge in [0, 0.05) is 12.8 Å². The lowest BCUT2D eigenvalue weighted by Gasteiger charge is -2.08. The SMILES string of the molecule is NS(=O)(=O)c1ccc(CCN=Cc2ccc(OC(=O)NS(=O)(=O)c3ccc(F)cc3)cc2)cc1. The Bertz CT molecular complexity index is 1390. The summed E-state index contributed by atoms with van der Waals surface area (Å²) in [5, 5.41) is 5.07. The van der Waals surface area contributed by atoms with Crippen LogP contribution in [0.25, 0.3) is 0 Å². The highest BCUT2D eigenvalue weighted by atomic mass is 32.2. The van der Waals surface area contributed by atoms with Crippen LogP contribution in [0.4, 0.5) is 9.18 Å². The number of nitrogens with two attached hydrogens (primary N) is 1. The summed E-state index contributed by atoms with van der Waals surface area (Å²) in [5.41, 5.74) is 1.62. The molecule has 0 bridgehead atoms. The van der Waals surface area contributed by atoms with Crippen LogP contribution in [0.2, 0.25) is 0 Å². The van der Waals surface area contributed by atoms with Gasteiger partial charge in [0.25, 0.3) is 10.0 Å². The molecular weight excluding hydrogens is 485 g/mol. The molecule has 1 amide bonds. The number of primary sulfonamides is 1. The number of rotatable bonds is 8. The molecule has 3 aromatic carbocycles. The normalized spacial score (nSPS) is 11.9. The van der Waals surface area contributed by atoms with Gasteiger partial charge in [-0.25, -0.2) is 35.9 Å².